The van der Waals surface area contributed by atoms with Crippen LogP contribution in [-0.4, -0.2) is 34.5 Å². The minimum absolute atomic E-state index is 0.0702. The molecule has 1 aliphatic heterocycles. The minimum Gasteiger partial charge on any atom is -0.494 e. The van der Waals surface area contributed by atoms with E-state index in [1.54, 1.807) is 24.3 Å². The maximum Gasteiger partial charge on any atom is 0.341 e. The highest BCUT2D eigenvalue weighted by molar-refractivity contribution is 5.73. The third-order valence-corrected chi connectivity index (χ3v) is 4.95. The van der Waals surface area contributed by atoms with Crippen LogP contribution < -0.4 is 19.9 Å². The SMILES string of the molecule is CCOc1cccc(-c2[nH]nc3c2C(c2ccccc2OCC(=O)O)C(C#N)=C(N)O3)c1. The van der Waals surface area contributed by atoms with Gasteiger partial charge in [0.05, 0.1) is 23.8 Å². The minimum atomic E-state index is -1.11. The Labute approximate surface area is 183 Å². The van der Waals surface area contributed by atoms with Crippen LogP contribution in [0.3, 0.4) is 0 Å². The molecule has 9 heteroatoms. The second-order valence-corrected chi connectivity index (χ2v) is 6.92. The summed E-state index contributed by atoms with van der Waals surface area (Å²) in [6.07, 6.45) is 0. The van der Waals surface area contributed by atoms with Crippen molar-refractivity contribution in [2.45, 2.75) is 12.8 Å². The smallest absolute Gasteiger partial charge is 0.341 e. The number of benzene rings is 2. The first-order valence-electron chi connectivity index (χ1n) is 9.86. The Bertz CT molecular complexity index is 1240. The topological polar surface area (TPSA) is 143 Å². The maximum absolute atomic E-state index is 11.1. The molecule has 0 radical (unpaired) electrons. The van der Waals surface area contributed by atoms with Crippen LogP contribution in [-0.2, 0) is 4.79 Å². The fourth-order valence-corrected chi connectivity index (χ4v) is 3.67. The van der Waals surface area contributed by atoms with Gasteiger partial charge in [-0.05, 0) is 25.1 Å². The van der Waals surface area contributed by atoms with Crippen LogP contribution in [0, 0.1) is 11.3 Å². The molecular formula is C23H20N4O5. The second-order valence-electron chi connectivity index (χ2n) is 6.92. The van der Waals surface area contributed by atoms with Crippen LogP contribution in [0.5, 0.6) is 17.4 Å². The summed E-state index contributed by atoms with van der Waals surface area (Å²) in [6, 6.07) is 16.5. The van der Waals surface area contributed by atoms with Crippen LogP contribution in [0.25, 0.3) is 11.3 Å². The van der Waals surface area contributed by atoms with Gasteiger partial charge in [0.1, 0.15) is 23.1 Å². The van der Waals surface area contributed by atoms with Gasteiger partial charge in [0.25, 0.3) is 0 Å². The molecule has 0 amide bonds. The molecule has 0 bridgehead atoms. The molecule has 32 heavy (non-hydrogen) atoms. The van der Waals surface area contributed by atoms with Crippen molar-refractivity contribution in [1.29, 1.82) is 5.26 Å². The number of carboxylic acids is 1. The normalized spacial score (nSPS) is 14.8. The van der Waals surface area contributed by atoms with E-state index < -0.39 is 18.5 Å². The standard InChI is InChI=1S/C23H20N4O5/c1-2-30-14-7-5-6-13(10-14)21-20-19(16(11-24)22(25)32-23(20)27-26-21)15-8-3-4-9-17(15)31-12-18(28)29/h3-10,19H,2,12,25H2,1H3,(H,26,27)(H,28,29). The van der Waals surface area contributed by atoms with Gasteiger partial charge in [-0.25, -0.2) is 4.79 Å². The van der Waals surface area contributed by atoms with E-state index in [1.165, 1.54) is 0 Å². The van der Waals surface area contributed by atoms with Crippen LogP contribution >= 0.6 is 0 Å². The van der Waals surface area contributed by atoms with Crippen LogP contribution in [0.15, 0.2) is 60.0 Å². The Morgan fingerprint density at radius 2 is 2.09 bits per heavy atom. The molecule has 1 atom stereocenters. The average molecular weight is 432 g/mol. The molecule has 0 saturated carbocycles. The van der Waals surface area contributed by atoms with Crippen LogP contribution in [0.2, 0.25) is 0 Å². The van der Waals surface area contributed by atoms with Gasteiger partial charge in [0, 0.05) is 11.1 Å². The third kappa shape index (κ3) is 3.81. The lowest BCUT2D eigenvalue weighted by atomic mass is 9.82. The molecular weight excluding hydrogens is 412 g/mol. The fourth-order valence-electron chi connectivity index (χ4n) is 3.67. The van der Waals surface area contributed by atoms with Crippen molar-refractivity contribution in [1.82, 2.24) is 10.2 Å². The molecule has 4 N–H and O–H groups in total. The van der Waals surface area contributed by atoms with Gasteiger partial charge in [-0.1, -0.05) is 30.3 Å². The number of allylic oxidation sites excluding steroid dienone is 1. The number of nitrogens with two attached hydrogens (primary N) is 1. The van der Waals surface area contributed by atoms with Crippen molar-refractivity contribution in [2.75, 3.05) is 13.2 Å². The zero-order valence-electron chi connectivity index (χ0n) is 17.2. The van der Waals surface area contributed by atoms with E-state index in [0.29, 0.717) is 34.9 Å². The van der Waals surface area contributed by atoms with Crippen molar-refractivity contribution in [3.63, 3.8) is 0 Å². The lowest BCUT2D eigenvalue weighted by Gasteiger charge is -2.25. The number of aliphatic carboxylic acids is 1. The Kier molecular flexibility index (Phi) is 5.68. The Morgan fingerprint density at radius 1 is 1.28 bits per heavy atom. The predicted octanol–water partition coefficient (Wildman–Crippen LogP) is 3.16. The van der Waals surface area contributed by atoms with Crippen molar-refractivity contribution in [3.05, 3.63) is 71.1 Å². The average Bonchev–Trinajstić information content (AvgIpc) is 3.20. The highest BCUT2D eigenvalue weighted by atomic mass is 16.5. The summed E-state index contributed by atoms with van der Waals surface area (Å²) in [5.41, 5.74) is 8.78. The summed E-state index contributed by atoms with van der Waals surface area (Å²) in [5.74, 6) is -0.626. The zero-order chi connectivity index (χ0) is 22.7. The van der Waals surface area contributed by atoms with Gasteiger partial charge in [-0.2, -0.15) is 5.26 Å². The Morgan fingerprint density at radius 3 is 2.84 bits per heavy atom. The van der Waals surface area contributed by atoms with Gasteiger partial charge >= 0.3 is 5.97 Å². The molecule has 3 aromatic rings. The predicted molar refractivity (Wildman–Crippen MR) is 114 cm³/mol. The van der Waals surface area contributed by atoms with E-state index in [-0.39, 0.29) is 17.3 Å². The van der Waals surface area contributed by atoms with Crippen molar-refractivity contribution < 1.29 is 24.1 Å². The first-order chi connectivity index (χ1) is 15.5. The number of nitriles is 1. The number of hydrogen-bond acceptors (Lipinski definition) is 7. The summed E-state index contributed by atoms with van der Waals surface area (Å²) >= 11 is 0. The number of rotatable bonds is 7. The van der Waals surface area contributed by atoms with E-state index in [1.807, 2.05) is 31.2 Å². The monoisotopic (exact) mass is 432 g/mol. The molecule has 162 valence electrons. The molecule has 1 unspecified atom stereocenters. The van der Waals surface area contributed by atoms with Gasteiger partial charge < -0.3 is 25.1 Å². The van der Waals surface area contributed by atoms with Crippen molar-refractivity contribution in [2.24, 2.45) is 5.73 Å². The summed E-state index contributed by atoms with van der Waals surface area (Å²) in [7, 11) is 0. The first-order valence-corrected chi connectivity index (χ1v) is 9.86. The lowest BCUT2D eigenvalue weighted by Crippen LogP contribution is -2.21. The largest absolute Gasteiger partial charge is 0.494 e. The van der Waals surface area contributed by atoms with Crippen LogP contribution in [0.4, 0.5) is 0 Å². The Hall–Kier alpha value is -4.45. The number of aromatic nitrogens is 2. The quantitative estimate of drug-likeness (QED) is 0.516. The van der Waals surface area contributed by atoms with Gasteiger partial charge in [-0.3, -0.25) is 5.10 Å². The zero-order valence-corrected chi connectivity index (χ0v) is 17.2. The summed E-state index contributed by atoms with van der Waals surface area (Å²) < 4.78 is 16.7. The number of ether oxygens (including phenoxy) is 3. The second kappa shape index (κ2) is 8.73. The number of nitrogens with zero attached hydrogens (tertiary/aromatic N) is 2. The van der Waals surface area contributed by atoms with Gasteiger partial charge in [-0.15, -0.1) is 5.10 Å². The number of para-hydroxylation sites is 1. The molecule has 2 heterocycles. The molecule has 4 rings (SSSR count). The first kappa shape index (κ1) is 20.8. The van der Waals surface area contributed by atoms with E-state index in [0.717, 1.165) is 5.56 Å². The summed E-state index contributed by atoms with van der Waals surface area (Å²) in [4.78, 5) is 11.1. The highest BCUT2D eigenvalue weighted by Gasteiger charge is 2.37. The molecule has 1 aromatic heterocycles. The van der Waals surface area contributed by atoms with Crippen molar-refractivity contribution in [3.8, 4) is 34.7 Å². The van der Waals surface area contributed by atoms with Crippen LogP contribution in [0.1, 0.15) is 24.0 Å². The number of nitrogens with one attached hydrogen (secondary N) is 1. The van der Waals surface area contributed by atoms with E-state index in [9.17, 15) is 10.1 Å². The number of H-pyrrole nitrogens is 1. The number of carboxylic acid groups (broad SMARTS) is 1. The molecule has 0 fully saturated rings. The number of fused-ring (bicyclic) bond motifs is 1. The van der Waals surface area contributed by atoms with E-state index in [2.05, 4.69) is 16.3 Å². The van der Waals surface area contributed by atoms with Gasteiger partial charge in [0.15, 0.2) is 6.61 Å². The summed E-state index contributed by atoms with van der Waals surface area (Å²) in [5, 5.41) is 26.2. The maximum atomic E-state index is 11.1. The lowest BCUT2D eigenvalue weighted by molar-refractivity contribution is -0.139. The number of hydrogen-bond donors (Lipinski definition) is 3. The molecule has 0 saturated heterocycles. The van der Waals surface area contributed by atoms with E-state index >= 15 is 0 Å². The van der Waals surface area contributed by atoms with Crippen molar-refractivity contribution >= 4 is 5.97 Å². The number of carbonyl (C=O) groups is 1. The third-order valence-electron chi connectivity index (χ3n) is 4.95. The van der Waals surface area contributed by atoms with E-state index in [4.69, 9.17) is 25.1 Å². The molecule has 1 aliphatic rings. The summed E-state index contributed by atoms with van der Waals surface area (Å²) in [6.45, 7) is 1.89. The molecule has 0 spiro atoms. The highest BCUT2D eigenvalue weighted by Crippen LogP contribution is 2.48. The molecule has 2 aromatic carbocycles. The Balaban J connectivity index is 1.89. The molecule has 9 nitrogen and oxygen atoms in total. The van der Waals surface area contributed by atoms with Gasteiger partial charge in [0.2, 0.25) is 11.8 Å². The fraction of sp³-hybridized carbons (Fsp3) is 0.174. The number of aromatic amines is 1. The molecule has 0 aliphatic carbocycles.